The predicted octanol–water partition coefficient (Wildman–Crippen LogP) is 4.43. The van der Waals surface area contributed by atoms with Gasteiger partial charge in [-0.1, -0.05) is 36.4 Å². The van der Waals surface area contributed by atoms with Crippen LogP contribution in [-0.4, -0.2) is 29.8 Å². The van der Waals surface area contributed by atoms with Crippen molar-refractivity contribution in [2.75, 3.05) is 14.2 Å². The summed E-state index contributed by atoms with van der Waals surface area (Å²) in [6.07, 6.45) is 2.20. The molecule has 1 amide bonds. The molecule has 4 aromatic rings. The Kier molecular flexibility index (Phi) is 6.17. The number of hydrogen-bond acceptors (Lipinski definition) is 4. The van der Waals surface area contributed by atoms with Crippen molar-refractivity contribution in [3.05, 3.63) is 78.5 Å². The van der Waals surface area contributed by atoms with Crippen LogP contribution in [0.3, 0.4) is 0 Å². The maximum Gasteiger partial charge on any atom is 0.221 e. The van der Waals surface area contributed by atoms with E-state index in [4.69, 9.17) is 9.47 Å². The minimum atomic E-state index is -0.00157. The van der Waals surface area contributed by atoms with Crippen molar-refractivity contribution in [2.45, 2.75) is 19.6 Å². The largest absolute Gasteiger partial charge is 0.497 e. The van der Waals surface area contributed by atoms with E-state index in [0.717, 1.165) is 39.1 Å². The van der Waals surface area contributed by atoms with Gasteiger partial charge in [0.25, 0.3) is 0 Å². The maximum atomic E-state index is 11.5. The lowest BCUT2D eigenvalue weighted by Gasteiger charge is -2.12. The molecule has 31 heavy (non-hydrogen) atoms. The summed E-state index contributed by atoms with van der Waals surface area (Å²) in [4.78, 5) is 11.5. The molecule has 0 radical (unpaired) electrons. The van der Waals surface area contributed by atoms with Gasteiger partial charge in [0.1, 0.15) is 18.1 Å². The molecule has 0 fully saturated rings. The standard InChI is InChI=1S/C25H25N3O3/c1-26-25(29)12-13-28-24-11-10-22(15-20(24)16-27-28)31-17-19-6-3-4-9-23(19)18-7-5-8-21(14-18)30-2/h3-11,14-16H,12-13,17H2,1-2H3,(H,26,29). The number of fused-ring (bicyclic) bond motifs is 1. The molecule has 0 unspecified atom stereocenters. The number of methoxy groups -OCH3 is 1. The molecular formula is C25H25N3O3. The van der Waals surface area contributed by atoms with E-state index in [0.29, 0.717) is 19.6 Å². The van der Waals surface area contributed by atoms with E-state index in [-0.39, 0.29) is 5.91 Å². The highest BCUT2D eigenvalue weighted by Crippen LogP contribution is 2.28. The van der Waals surface area contributed by atoms with Crippen LogP contribution >= 0.6 is 0 Å². The monoisotopic (exact) mass is 415 g/mol. The first-order valence-corrected chi connectivity index (χ1v) is 10.2. The summed E-state index contributed by atoms with van der Waals surface area (Å²) >= 11 is 0. The minimum Gasteiger partial charge on any atom is -0.497 e. The van der Waals surface area contributed by atoms with Crippen molar-refractivity contribution in [1.29, 1.82) is 0 Å². The Morgan fingerprint density at radius 3 is 2.74 bits per heavy atom. The molecule has 0 saturated heterocycles. The number of aromatic nitrogens is 2. The quantitative estimate of drug-likeness (QED) is 0.462. The summed E-state index contributed by atoms with van der Waals surface area (Å²) in [5.41, 5.74) is 4.28. The van der Waals surface area contributed by atoms with E-state index in [9.17, 15) is 4.79 Å². The van der Waals surface area contributed by atoms with Gasteiger partial charge in [-0.25, -0.2) is 0 Å². The van der Waals surface area contributed by atoms with Crippen molar-refractivity contribution < 1.29 is 14.3 Å². The highest BCUT2D eigenvalue weighted by molar-refractivity contribution is 5.81. The van der Waals surface area contributed by atoms with Gasteiger partial charge in [0.15, 0.2) is 0 Å². The number of rotatable bonds is 8. The van der Waals surface area contributed by atoms with Crippen LogP contribution in [0, 0.1) is 0 Å². The molecule has 6 heteroatoms. The van der Waals surface area contributed by atoms with Gasteiger partial charge >= 0.3 is 0 Å². The zero-order valence-corrected chi connectivity index (χ0v) is 17.7. The smallest absolute Gasteiger partial charge is 0.221 e. The SMILES string of the molecule is CNC(=O)CCn1ncc2cc(OCc3ccccc3-c3cccc(OC)c3)ccc21. The van der Waals surface area contributed by atoms with Crippen molar-refractivity contribution in [2.24, 2.45) is 0 Å². The Hall–Kier alpha value is -3.80. The lowest BCUT2D eigenvalue weighted by molar-refractivity contribution is -0.120. The molecule has 158 valence electrons. The molecule has 1 N–H and O–H groups in total. The summed E-state index contributed by atoms with van der Waals surface area (Å²) < 4.78 is 13.3. The van der Waals surface area contributed by atoms with E-state index in [2.05, 4.69) is 28.6 Å². The average Bonchev–Trinajstić information content (AvgIpc) is 3.23. The molecule has 1 aromatic heterocycles. The van der Waals surface area contributed by atoms with Crippen molar-refractivity contribution in [3.8, 4) is 22.6 Å². The zero-order valence-electron chi connectivity index (χ0n) is 17.7. The molecule has 0 aliphatic heterocycles. The molecule has 3 aromatic carbocycles. The highest BCUT2D eigenvalue weighted by atomic mass is 16.5. The third kappa shape index (κ3) is 4.69. The van der Waals surface area contributed by atoms with Gasteiger partial charge in [-0.3, -0.25) is 9.48 Å². The summed E-state index contributed by atoms with van der Waals surface area (Å²) in [5.74, 6) is 1.60. The predicted molar refractivity (Wildman–Crippen MR) is 121 cm³/mol. The van der Waals surface area contributed by atoms with E-state index in [1.54, 1.807) is 20.4 Å². The number of nitrogens with one attached hydrogen (secondary N) is 1. The summed E-state index contributed by atoms with van der Waals surface area (Å²) in [7, 11) is 3.31. The van der Waals surface area contributed by atoms with Crippen LogP contribution in [0.25, 0.3) is 22.0 Å². The van der Waals surface area contributed by atoms with Crippen LogP contribution < -0.4 is 14.8 Å². The Balaban J connectivity index is 1.50. The van der Waals surface area contributed by atoms with Crippen LogP contribution in [-0.2, 0) is 17.9 Å². The van der Waals surface area contributed by atoms with Crippen molar-refractivity contribution in [3.63, 3.8) is 0 Å². The van der Waals surface area contributed by atoms with E-state index in [1.807, 2.05) is 53.2 Å². The number of aryl methyl sites for hydroxylation is 1. The number of amides is 1. The number of nitrogens with zero attached hydrogens (tertiary/aromatic N) is 2. The van der Waals surface area contributed by atoms with Crippen LogP contribution in [0.5, 0.6) is 11.5 Å². The van der Waals surface area contributed by atoms with Crippen LogP contribution in [0.4, 0.5) is 0 Å². The number of carbonyl (C=O) groups excluding carboxylic acids is 1. The second-order valence-electron chi connectivity index (χ2n) is 7.19. The Morgan fingerprint density at radius 2 is 1.90 bits per heavy atom. The van der Waals surface area contributed by atoms with Crippen LogP contribution in [0.15, 0.2) is 72.9 Å². The molecule has 0 aliphatic carbocycles. The fraction of sp³-hybridized carbons (Fsp3) is 0.200. The highest BCUT2D eigenvalue weighted by Gasteiger charge is 2.09. The maximum absolute atomic E-state index is 11.5. The molecule has 0 saturated carbocycles. The first kappa shape index (κ1) is 20.5. The number of benzene rings is 3. The van der Waals surface area contributed by atoms with Crippen molar-refractivity contribution in [1.82, 2.24) is 15.1 Å². The molecule has 1 heterocycles. The first-order valence-electron chi connectivity index (χ1n) is 10.2. The fourth-order valence-electron chi connectivity index (χ4n) is 3.55. The average molecular weight is 415 g/mol. The normalized spacial score (nSPS) is 10.8. The summed E-state index contributed by atoms with van der Waals surface area (Å²) in [5, 5.41) is 8.01. The molecule has 0 bridgehead atoms. The molecule has 0 atom stereocenters. The molecular weight excluding hydrogens is 390 g/mol. The van der Waals surface area contributed by atoms with Gasteiger partial charge in [-0.05, 0) is 47.0 Å². The van der Waals surface area contributed by atoms with Gasteiger partial charge in [0.2, 0.25) is 5.91 Å². The van der Waals surface area contributed by atoms with Gasteiger partial charge in [-0.15, -0.1) is 0 Å². The second kappa shape index (κ2) is 9.34. The number of hydrogen-bond donors (Lipinski definition) is 1. The summed E-state index contributed by atoms with van der Waals surface area (Å²) in [6.45, 7) is 0.987. The van der Waals surface area contributed by atoms with E-state index >= 15 is 0 Å². The first-order chi connectivity index (χ1) is 15.2. The number of ether oxygens (including phenoxy) is 2. The van der Waals surface area contributed by atoms with Gasteiger partial charge < -0.3 is 14.8 Å². The van der Waals surface area contributed by atoms with Gasteiger partial charge in [0.05, 0.1) is 25.4 Å². The molecule has 4 rings (SSSR count). The van der Waals surface area contributed by atoms with Gasteiger partial charge in [-0.2, -0.15) is 5.10 Å². The topological polar surface area (TPSA) is 65.4 Å². The molecule has 6 nitrogen and oxygen atoms in total. The van der Waals surface area contributed by atoms with Crippen LogP contribution in [0.1, 0.15) is 12.0 Å². The van der Waals surface area contributed by atoms with Gasteiger partial charge in [0, 0.05) is 18.9 Å². The van der Waals surface area contributed by atoms with E-state index in [1.165, 1.54) is 0 Å². The Bertz CT molecular complexity index is 1200. The molecule has 0 aliphatic rings. The Labute approximate surface area is 181 Å². The second-order valence-corrected chi connectivity index (χ2v) is 7.19. The molecule has 0 spiro atoms. The minimum absolute atomic E-state index is 0.00157. The van der Waals surface area contributed by atoms with Crippen LogP contribution in [0.2, 0.25) is 0 Å². The third-order valence-corrected chi connectivity index (χ3v) is 5.24. The third-order valence-electron chi connectivity index (χ3n) is 5.24. The summed E-state index contributed by atoms with van der Waals surface area (Å²) in [6, 6.07) is 22.1. The number of carbonyl (C=O) groups is 1. The zero-order chi connectivity index (χ0) is 21.6. The lowest BCUT2D eigenvalue weighted by atomic mass is 10.00. The Morgan fingerprint density at radius 1 is 1.03 bits per heavy atom. The lowest BCUT2D eigenvalue weighted by Crippen LogP contribution is -2.19. The van der Waals surface area contributed by atoms with E-state index < -0.39 is 0 Å². The van der Waals surface area contributed by atoms with Crippen molar-refractivity contribution >= 4 is 16.8 Å². The fourth-order valence-corrected chi connectivity index (χ4v) is 3.55.